The molecule has 0 radical (unpaired) electrons. The maximum atomic E-state index is 10.1. The number of hydrogen-bond acceptors (Lipinski definition) is 6. The Bertz CT molecular complexity index is 262. The molecule has 0 amide bonds. The number of hydrogen-bond donors (Lipinski definition) is 0. The third kappa shape index (κ3) is 4.68. The molecular weight excluding hydrogens is 216 g/mol. The van der Waals surface area contributed by atoms with Gasteiger partial charge in [-0.05, 0) is 13.0 Å². The molecule has 92 valence electrons. The highest BCUT2D eigenvalue weighted by atomic mass is 16.8. The van der Waals surface area contributed by atoms with Crippen molar-refractivity contribution < 1.29 is 28.5 Å². The Balaban J connectivity index is 0.000000267. The fraction of sp³-hybridized carbons (Fsp3) is 0.600. The van der Waals surface area contributed by atoms with Crippen LogP contribution in [0.2, 0.25) is 0 Å². The summed E-state index contributed by atoms with van der Waals surface area (Å²) in [6.07, 6.45) is 0.0997. The molecule has 2 fully saturated rings. The van der Waals surface area contributed by atoms with Crippen LogP contribution in [0.1, 0.15) is 14.4 Å². The zero-order valence-electron chi connectivity index (χ0n) is 8.30. The topological polar surface area (TPSA) is 71.1 Å². The van der Waals surface area contributed by atoms with Crippen molar-refractivity contribution in [3.8, 4) is 0 Å². The van der Waals surface area contributed by atoms with Gasteiger partial charge in [0.05, 0.1) is 0 Å². The van der Waals surface area contributed by atoms with Gasteiger partial charge in [0.25, 0.3) is 0 Å². The van der Waals surface area contributed by atoms with Gasteiger partial charge in [0.1, 0.15) is 19.3 Å². The minimum Gasteiger partial charge on any atom is -0.430 e. The quantitative estimate of drug-likeness (QED) is 0.507. The Morgan fingerprint density at radius 1 is 1.19 bits per heavy atom. The molecule has 0 spiro atoms. The van der Waals surface area contributed by atoms with Gasteiger partial charge in [0.2, 0.25) is 0 Å². The molecule has 2 unspecified atom stereocenters. The van der Waals surface area contributed by atoms with Crippen LogP contribution in [0.25, 0.3) is 0 Å². The summed E-state index contributed by atoms with van der Waals surface area (Å²) in [6, 6.07) is 0. The largest absolute Gasteiger partial charge is 0.509 e. The van der Waals surface area contributed by atoms with E-state index in [2.05, 4.69) is 25.5 Å². The van der Waals surface area contributed by atoms with Crippen LogP contribution in [-0.2, 0) is 18.9 Å². The lowest BCUT2D eigenvalue weighted by Crippen LogP contribution is -2.03. The van der Waals surface area contributed by atoms with E-state index in [1.807, 2.05) is 0 Å². The molecule has 2 rings (SSSR count). The van der Waals surface area contributed by atoms with E-state index in [9.17, 15) is 9.59 Å². The van der Waals surface area contributed by atoms with Gasteiger partial charge in [0, 0.05) is 0 Å². The zero-order chi connectivity index (χ0) is 11.3. The Kier molecular flexibility index (Phi) is 5.99. The predicted octanol–water partition coefficient (Wildman–Crippen LogP) is 1.89. The van der Waals surface area contributed by atoms with Gasteiger partial charge in [-0.15, -0.1) is 0 Å². The van der Waals surface area contributed by atoms with E-state index in [0.29, 0.717) is 13.2 Å². The summed E-state index contributed by atoms with van der Waals surface area (Å²) in [6.45, 7) is 5.91. The average Bonchev–Trinajstić information content (AvgIpc) is 2.76. The third-order valence-corrected chi connectivity index (χ3v) is 1.61. The van der Waals surface area contributed by atoms with E-state index < -0.39 is 12.3 Å². The molecule has 0 aromatic rings. The van der Waals surface area contributed by atoms with Crippen molar-refractivity contribution >= 4 is 12.3 Å². The Morgan fingerprint density at radius 3 is 1.94 bits per heavy atom. The second kappa shape index (κ2) is 6.71. The fourth-order valence-corrected chi connectivity index (χ4v) is 0.876. The van der Waals surface area contributed by atoms with Crippen molar-refractivity contribution in [3.05, 3.63) is 12.7 Å². The van der Waals surface area contributed by atoms with E-state index in [1.54, 1.807) is 6.92 Å². The molecule has 0 bridgehead atoms. The molecule has 16 heavy (non-hydrogen) atoms. The number of rotatable bonds is 1. The lowest BCUT2D eigenvalue weighted by molar-refractivity contribution is 0.121. The summed E-state index contributed by atoms with van der Waals surface area (Å²) < 4.78 is 17.9. The van der Waals surface area contributed by atoms with Crippen molar-refractivity contribution in [1.29, 1.82) is 0 Å². The second-order valence-electron chi connectivity index (χ2n) is 2.94. The van der Waals surface area contributed by atoms with E-state index in [4.69, 9.17) is 0 Å². The summed E-state index contributed by atoms with van der Waals surface area (Å²) in [5.41, 5.74) is 0. The normalized spacial score (nSPS) is 26.1. The molecule has 0 N–H and O–H groups in total. The zero-order valence-corrected chi connectivity index (χ0v) is 8.30. The second-order valence-corrected chi connectivity index (χ2v) is 2.94. The maximum Gasteiger partial charge on any atom is 0.509 e. The van der Waals surface area contributed by atoms with Gasteiger partial charge in [-0.25, -0.2) is 9.59 Å². The molecule has 2 aliphatic rings. The molecule has 0 aliphatic carbocycles. The Labute approximate surface area is 94.1 Å². The van der Waals surface area contributed by atoms with Crippen LogP contribution in [0.5, 0.6) is 0 Å². The van der Waals surface area contributed by atoms with Crippen LogP contribution in [0.15, 0.2) is 12.7 Å². The van der Waals surface area contributed by atoms with E-state index >= 15 is 0 Å². The number of cyclic esters (lactones) is 4. The molecule has 0 aromatic carbocycles. The van der Waals surface area contributed by atoms with Crippen LogP contribution in [0, 0.1) is 0 Å². The molecule has 2 saturated heterocycles. The van der Waals surface area contributed by atoms with Gasteiger partial charge in [-0.1, -0.05) is 14.0 Å². The van der Waals surface area contributed by atoms with Gasteiger partial charge in [-0.3, -0.25) is 0 Å². The first-order chi connectivity index (χ1) is 7.11. The molecule has 2 aliphatic heterocycles. The van der Waals surface area contributed by atoms with Crippen LogP contribution < -0.4 is 0 Å². The standard InChI is InChI=1S/C5H6O3.C4H6O3.CH4/c1-2-4-3-7-5(6)8-4;1-3-2-6-4(5)7-3;/h2,4H,1,3H2;3H,2H2,1H3;1H4. The predicted molar refractivity (Wildman–Crippen MR) is 55.0 cm³/mol. The van der Waals surface area contributed by atoms with E-state index in [1.165, 1.54) is 6.08 Å². The number of carbonyl (C=O) groups is 2. The van der Waals surface area contributed by atoms with Crippen LogP contribution >= 0.6 is 0 Å². The highest BCUT2D eigenvalue weighted by Crippen LogP contribution is 2.05. The summed E-state index contributed by atoms with van der Waals surface area (Å²) in [7, 11) is 0. The Morgan fingerprint density at radius 2 is 1.75 bits per heavy atom. The Hall–Kier alpha value is -1.72. The first-order valence-electron chi connectivity index (χ1n) is 4.41. The minimum absolute atomic E-state index is 0. The summed E-state index contributed by atoms with van der Waals surface area (Å²) >= 11 is 0. The van der Waals surface area contributed by atoms with Crippen LogP contribution in [-0.4, -0.2) is 37.7 Å². The third-order valence-electron chi connectivity index (χ3n) is 1.61. The van der Waals surface area contributed by atoms with Gasteiger partial charge in [0.15, 0.2) is 6.10 Å². The van der Waals surface area contributed by atoms with Gasteiger partial charge < -0.3 is 18.9 Å². The lowest BCUT2D eigenvalue weighted by Gasteiger charge is -1.92. The minimum atomic E-state index is -0.602. The van der Waals surface area contributed by atoms with Crippen molar-refractivity contribution in [3.63, 3.8) is 0 Å². The summed E-state index contributed by atoms with van der Waals surface area (Å²) in [5.74, 6) is 0. The fourth-order valence-electron chi connectivity index (χ4n) is 0.876. The number of ether oxygens (including phenoxy) is 4. The lowest BCUT2D eigenvalue weighted by atomic mass is 10.4. The highest BCUT2D eigenvalue weighted by molar-refractivity contribution is 5.62. The van der Waals surface area contributed by atoms with Crippen molar-refractivity contribution in [2.45, 2.75) is 26.6 Å². The maximum absolute atomic E-state index is 10.1. The first-order valence-corrected chi connectivity index (χ1v) is 4.41. The smallest absolute Gasteiger partial charge is 0.430 e. The van der Waals surface area contributed by atoms with Crippen molar-refractivity contribution in [2.75, 3.05) is 13.2 Å². The van der Waals surface area contributed by atoms with Gasteiger partial charge >= 0.3 is 12.3 Å². The first kappa shape index (κ1) is 14.3. The molecule has 6 nitrogen and oxygen atoms in total. The summed E-state index contributed by atoms with van der Waals surface area (Å²) in [5, 5.41) is 0. The monoisotopic (exact) mass is 232 g/mol. The van der Waals surface area contributed by atoms with Gasteiger partial charge in [-0.2, -0.15) is 0 Å². The van der Waals surface area contributed by atoms with Crippen molar-refractivity contribution in [2.24, 2.45) is 0 Å². The molecule has 6 heteroatoms. The van der Waals surface area contributed by atoms with Crippen LogP contribution in [0.3, 0.4) is 0 Å². The summed E-state index contributed by atoms with van der Waals surface area (Å²) in [4.78, 5) is 20.1. The molecule has 0 saturated carbocycles. The highest BCUT2D eigenvalue weighted by Gasteiger charge is 2.21. The van der Waals surface area contributed by atoms with E-state index in [-0.39, 0.29) is 19.6 Å². The van der Waals surface area contributed by atoms with Crippen LogP contribution in [0.4, 0.5) is 9.59 Å². The van der Waals surface area contributed by atoms with E-state index in [0.717, 1.165) is 0 Å². The number of carbonyl (C=O) groups excluding carboxylic acids is 2. The SMILES string of the molecule is C.C=CC1COC(=O)O1.CC1COC(=O)O1. The van der Waals surface area contributed by atoms with Crippen molar-refractivity contribution in [1.82, 2.24) is 0 Å². The average molecular weight is 232 g/mol. The molecular formula is C10H16O6. The molecule has 0 aromatic heterocycles. The molecule has 2 heterocycles. The molecule has 2 atom stereocenters.